The quantitative estimate of drug-likeness (QED) is 0.632. The van der Waals surface area contributed by atoms with Gasteiger partial charge in [0.05, 0.1) is 0 Å². The van der Waals surface area contributed by atoms with Crippen LogP contribution in [0.15, 0.2) is 22.7 Å². The average Bonchev–Trinajstić information content (AvgIpc) is 2.44. The molecule has 0 aliphatic carbocycles. The molecular formula is C16H24BrN3O. The van der Waals surface area contributed by atoms with Crippen molar-refractivity contribution in [2.45, 2.75) is 26.2 Å². The minimum Gasteiger partial charge on any atom is -0.399 e. The number of nitrogen functional groups attached to an aromatic ring is 1. The lowest BCUT2D eigenvalue weighted by Crippen LogP contribution is -2.35. The van der Waals surface area contributed by atoms with Crippen LogP contribution < -0.4 is 11.1 Å². The Kier molecular flexibility index (Phi) is 6.06. The van der Waals surface area contributed by atoms with Crippen LogP contribution >= 0.6 is 15.9 Å². The van der Waals surface area contributed by atoms with Crippen molar-refractivity contribution < 1.29 is 4.79 Å². The van der Waals surface area contributed by atoms with Gasteiger partial charge in [-0.2, -0.15) is 0 Å². The van der Waals surface area contributed by atoms with Crippen LogP contribution in [0, 0.1) is 5.92 Å². The summed E-state index contributed by atoms with van der Waals surface area (Å²) in [4.78, 5) is 14.5. The zero-order valence-corrected chi connectivity index (χ0v) is 14.2. The van der Waals surface area contributed by atoms with E-state index in [0.717, 1.165) is 23.4 Å². The van der Waals surface area contributed by atoms with Gasteiger partial charge >= 0.3 is 0 Å². The molecule has 116 valence electrons. The van der Waals surface area contributed by atoms with Gasteiger partial charge in [-0.25, -0.2) is 0 Å². The van der Waals surface area contributed by atoms with E-state index >= 15 is 0 Å². The van der Waals surface area contributed by atoms with Crippen LogP contribution in [-0.2, 0) is 0 Å². The lowest BCUT2D eigenvalue weighted by molar-refractivity contribution is 0.0950. The summed E-state index contributed by atoms with van der Waals surface area (Å²) >= 11 is 3.35. The summed E-state index contributed by atoms with van der Waals surface area (Å²) in [5.41, 5.74) is 6.94. The average molecular weight is 354 g/mol. The number of benzene rings is 1. The Hall–Kier alpha value is -1.07. The zero-order valence-electron chi connectivity index (χ0n) is 12.6. The monoisotopic (exact) mass is 353 g/mol. The zero-order chi connectivity index (χ0) is 15.2. The van der Waals surface area contributed by atoms with Gasteiger partial charge in [-0.1, -0.05) is 22.9 Å². The van der Waals surface area contributed by atoms with Crippen molar-refractivity contribution in [2.75, 3.05) is 31.9 Å². The van der Waals surface area contributed by atoms with E-state index in [1.54, 1.807) is 18.2 Å². The van der Waals surface area contributed by atoms with Crippen LogP contribution in [-0.4, -0.2) is 37.0 Å². The van der Waals surface area contributed by atoms with E-state index in [1.807, 2.05) is 0 Å². The number of hydrogen-bond acceptors (Lipinski definition) is 3. The molecule has 1 saturated heterocycles. The Morgan fingerprint density at radius 1 is 1.38 bits per heavy atom. The smallest absolute Gasteiger partial charge is 0.251 e. The number of likely N-dealkylation sites (tertiary alicyclic amines) is 1. The number of piperidine rings is 1. The van der Waals surface area contributed by atoms with Gasteiger partial charge in [0.15, 0.2) is 0 Å². The number of amides is 1. The molecule has 1 heterocycles. The summed E-state index contributed by atoms with van der Waals surface area (Å²) < 4.78 is 0.829. The second-order valence-electron chi connectivity index (χ2n) is 5.91. The van der Waals surface area contributed by atoms with Crippen molar-refractivity contribution in [3.05, 3.63) is 28.2 Å². The van der Waals surface area contributed by atoms with Crippen LogP contribution in [0.3, 0.4) is 0 Å². The first-order valence-electron chi connectivity index (χ1n) is 7.61. The summed E-state index contributed by atoms with van der Waals surface area (Å²) in [5, 5.41) is 2.96. The highest BCUT2D eigenvalue weighted by molar-refractivity contribution is 9.10. The molecule has 1 aliphatic rings. The maximum Gasteiger partial charge on any atom is 0.251 e. The fraction of sp³-hybridized carbons (Fsp3) is 0.562. The Morgan fingerprint density at radius 3 is 2.76 bits per heavy atom. The highest BCUT2D eigenvalue weighted by atomic mass is 79.9. The SMILES string of the molecule is CC1CCN(CCCNC(=O)c2cc(N)cc(Br)c2)CC1. The molecule has 0 radical (unpaired) electrons. The fourth-order valence-electron chi connectivity index (χ4n) is 2.64. The predicted octanol–water partition coefficient (Wildman–Crippen LogP) is 2.88. The molecule has 5 heteroatoms. The summed E-state index contributed by atoms with van der Waals surface area (Å²) in [6.07, 6.45) is 3.58. The van der Waals surface area contributed by atoms with Crippen LogP contribution in [0.2, 0.25) is 0 Å². The second-order valence-corrected chi connectivity index (χ2v) is 6.82. The molecule has 0 saturated carbocycles. The van der Waals surface area contributed by atoms with Gasteiger partial charge in [0.25, 0.3) is 5.91 Å². The number of hydrogen-bond donors (Lipinski definition) is 2. The van der Waals surface area contributed by atoms with Gasteiger partial charge in [-0.3, -0.25) is 4.79 Å². The van der Waals surface area contributed by atoms with E-state index in [2.05, 4.69) is 33.1 Å². The lowest BCUT2D eigenvalue weighted by Gasteiger charge is -2.30. The molecular weight excluding hydrogens is 330 g/mol. The number of carbonyl (C=O) groups is 1. The number of nitrogens with two attached hydrogens (primary N) is 1. The Balaban J connectivity index is 1.69. The molecule has 0 atom stereocenters. The number of nitrogens with zero attached hydrogens (tertiary/aromatic N) is 1. The standard InChI is InChI=1S/C16H24BrN3O/c1-12-3-7-20(8-4-12)6-2-5-19-16(21)13-9-14(17)11-15(18)10-13/h9-12H,2-8,18H2,1H3,(H,19,21). The summed E-state index contributed by atoms with van der Waals surface area (Å²) in [6.45, 7) is 6.47. The summed E-state index contributed by atoms with van der Waals surface area (Å²) in [5.74, 6) is 0.804. The third-order valence-electron chi connectivity index (χ3n) is 4.00. The molecule has 0 spiro atoms. The first kappa shape index (κ1) is 16.3. The van der Waals surface area contributed by atoms with E-state index in [1.165, 1.54) is 25.9 Å². The molecule has 3 N–H and O–H groups in total. The molecule has 4 nitrogen and oxygen atoms in total. The first-order valence-corrected chi connectivity index (χ1v) is 8.40. The minimum atomic E-state index is -0.0599. The molecule has 21 heavy (non-hydrogen) atoms. The summed E-state index contributed by atoms with van der Waals surface area (Å²) in [7, 11) is 0. The van der Waals surface area contributed by atoms with Gasteiger partial charge in [-0.05, 0) is 63.0 Å². The highest BCUT2D eigenvalue weighted by Gasteiger charge is 2.15. The van der Waals surface area contributed by atoms with E-state index < -0.39 is 0 Å². The Morgan fingerprint density at radius 2 is 2.10 bits per heavy atom. The maximum atomic E-state index is 12.0. The van der Waals surface area contributed by atoms with Crippen molar-refractivity contribution in [1.29, 1.82) is 0 Å². The molecule has 1 aromatic carbocycles. The molecule has 0 unspecified atom stereocenters. The van der Waals surface area contributed by atoms with Gasteiger partial charge in [-0.15, -0.1) is 0 Å². The molecule has 1 aliphatic heterocycles. The van der Waals surface area contributed by atoms with E-state index in [0.29, 0.717) is 17.8 Å². The third kappa shape index (κ3) is 5.32. The third-order valence-corrected chi connectivity index (χ3v) is 4.45. The normalized spacial score (nSPS) is 16.9. The number of halogens is 1. The van der Waals surface area contributed by atoms with E-state index in [9.17, 15) is 4.79 Å². The highest BCUT2D eigenvalue weighted by Crippen LogP contribution is 2.17. The first-order chi connectivity index (χ1) is 10.0. The molecule has 2 rings (SSSR count). The Labute approximate surface area is 135 Å². The minimum absolute atomic E-state index is 0.0599. The molecule has 1 amide bonds. The van der Waals surface area contributed by atoms with Crippen LogP contribution in [0.5, 0.6) is 0 Å². The van der Waals surface area contributed by atoms with Crippen LogP contribution in [0.1, 0.15) is 36.5 Å². The molecule has 1 fully saturated rings. The molecule has 0 bridgehead atoms. The largest absolute Gasteiger partial charge is 0.399 e. The maximum absolute atomic E-state index is 12.0. The Bertz CT molecular complexity index is 464. The number of rotatable bonds is 5. The van der Waals surface area contributed by atoms with Gasteiger partial charge in [0, 0.05) is 22.3 Å². The van der Waals surface area contributed by atoms with Crippen molar-refractivity contribution in [3.8, 4) is 0 Å². The van der Waals surface area contributed by atoms with Crippen molar-refractivity contribution in [1.82, 2.24) is 10.2 Å². The number of nitrogens with one attached hydrogen (secondary N) is 1. The fourth-order valence-corrected chi connectivity index (χ4v) is 3.15. The van der Waals surface area contributed by atoms with Gasteiger partial charge in [0.1, 0.15) is 0 Å². The predicted molar refractivity (Wildman–Crippen MR) is 90.3 cm³/mol. The lowest BCUT2D eigenvalue weighted by atomic mass is 9.99. The molecule has 0 aromatic heterocycles. The second kappa shape index (κ2) is 7.80. The van der Waals surface area contributed by atoms with Crippen molar-refractivity contribution in [2.24, 2.45) is 5.92 Å². The van der Waals surface area contributed by atoms with Crippen molar-refractivity contribution >= 4 is 27.5 Å². The van der Waals surface area contributed by atoms with Gasteiger partial charge < -0.3 is 16.0 Å². The number of carbonyl (C=O) groups excluding carboxylic acids is 1. The van der Waals surface area contributed by atoms with Gasteiger partial charge in [0.2, 0.25) is 0 Å². The molecule has 1 aromatic rings. The summed E-state index contributed by atoms with van der Waals surface area (Å²) in [6, 6.07) is 5.28. The van der Waals surface area contributed by atoms with E-state index in [4.69, 9.17) is 5.73 Å². The number of anilines is 1. The van der Waals surface area contributed by atoms with E-state index in [-0.39, 0.29) is 5.91 Å². The van der Waals surface area contributed by atoms with Crippen molar-refractivity contribution in [3.63, 3.8) is 0 Å². The van der Waals surface area contributed by atoms with Crippen LogP contribution in [0.25, 0.3) is 0 Å². The van der Waals surface area contributed by atoms with Crippen LogP contribution in [0.4, 0.5) is 5.69 Å². The topological polar surface area (TPSA) is 58.4 Å².